The van der Waals surface area contributed by atoms with Crippen LogP contribution < -0.4 is 5.73 Å². The first kappa shape index (κ1) is 14.1. The summed E-state index contributed by atoms with van der Waals surface area (Å²) < 4.78 is 24.6. The summed E-state index contributed by atoms with van der Waals surface area (Å²) in [6, 6.07) is 9.71. The van der Waals surface area contributed by atoms with Crippen molar-refractivity contribution >= 4 is 32.3 Å². The van der Waals surface area contributed by atoms with Crippen LogP contribution in [0.4, 0.5) is 5.69 Å². The molecule has 2 rings (SSSR count). The molecule has 0 radical (unpaired) electrons. The third-order valence-electron chi connectivity index (χ3n) is 2.89. The maximum Gasteiger partial charge on any atom is 0.331 e. The van der Waals surface area contributed by atoms with Gasteiger partial charge < -0.3 is 10.8 Å². The zero-order valence-corrected chi connectivity index (χ0v) is 11.5. The summed E-state index contributed by atoms with van der Waals surface area (Å²) in [5.74, 6) is -1.27. The van der Waals surface area contributed by atoms with E-state index in [0.29, 0.717) is 16.5 Å². The smallest absolute Gasteiger partial charge is 0.331 e. The Hall–Kier alpha value is -2.34. The fraction of sp³-hybridized carbons (Fsp3) is 0.0714. The third kappa shape index (κ3) is 2.50. The Morgan fingerprint density at radius 2 is 1.75 bits per heavy atom. The molecule has 0 atom stereocenters. The maximum absolute atomic E-state index is 12.3. The Labute approximate surface area is 116 Å². The molecule has 0 aliphatic heterocycles. The number of nitrogens with two attached hydrogens (primary N) is 1. The molecule has 3 N–H and O–H groups in total. The number of sulfone groups is 1. The number of benzene rings is 2. The van der Waals surface area contributed by atoms with Crippen LogP contribution in [0.1, 0.15) is 6.92 Å². The Morgan fingerprint density at radius 3 is 2.35 bits per heavy atom. The zero-order chi connectivity index (χ0) is 14.9. The molecule has 0 amide bonds. The number of fused-ring (bicyclic) bond motifs is 1. The minimum atomic E-state index is -3.85. The Bertz CT molecular complexity index is 822. The molecule has 0 heterocycles. The third-order valence-corrected chi connectivity index (χ3v) is 4.53. The van der Waals surface area contributed by atoms with E-state index in [0.717, 1.165) is 5.41 Å². The number of nitrogen functional groups attached to an aromatic ring is 1. The van der Waals surface area contributed by atoms with Gasteiger partial charge in [-0.3, -0.25) is 0 Å². The van der Waals surface area contributed by atoms with Gasteiger partial charge in [0.15, 0.2) is 0 Å². The maximum atomic E-state index is 12.3. The molecule has 0 saturated heterocycles. The topological polar surface area (TPSA) is 97.5 Å². The molecular formula is C14H13NO4S. The van der Waals surface area contributed by atoms with Crippen molar-refractivity contribution in [1.82, 2.24) is 0 Å². The lowest BCUT2D eigenvalue weighted by Gasteiger charge is -2.07. The van der Waals surface area contributed by atoms with Gasteiger partial charge in [0.25, 0.3) is 0 Å². The van der Waals surface area contributed by atoms with Gasteiger partial charge in [0.1, 0.15) is 0 Å². The minimum absolute atomic E-state index is 0.0444. The lowest BCUT2D eigenvalue weighted by atomic mass is 10.1. The normalized spacial score (nSPS) is 12.6. The van der Waals surface area contributed by atoms with Gasteiger partial charge in [-0.1, -0.05) is 24.3 Å². The molecule has 0 aromatic heterocycles. The van der Waals surface area contributed by atoms with E-state index in [1.807, 2.05) is 0 Å². The van der Waals surface area contributed by atoms with Crippen LogP contribution in [0, 0.1) is 0 Å². The van der Waals surface area contributed by atoms with Gasteiger partial charge in [-0.05, 0) is 19.1 Å². The van der Waals surface area contributed by atoms with E-state index in [-0.39, 0.29) is 10.5 Å². The molecule has 0 aliphatic rings. The number of aliphatic carboxylic acids is 1. The van der Waals surface area contributed by atoms with E-state index in [2.05, 4.69) is 0 Å². The van der Waals surface area contributed by atoms with Gasteiger partial charge in [-0.15, -0.1) is 0 Å². The van der Waals surface area contributed by atoms with Crippen LogP contribution >= 0.6 is 0 Å². The van der Waals surface area contributed by atoms with Crippen LogP contribution in [-0.4, -0.2) is 19.5 Å². The van der Waals surface area contributed by atoms with Crippen molar-refractivity contribution in [2.75, 3.05) is 5.73 Å². The van der Waals surface area contributed by atoms with Gasteiger partial charge in [-0.2, -0.15) is 0 Å². The SMILES string of the molecule is CC(=CS(=O)(=O)c1ccc(N)c2ccccc12)C(=O)O. The molecule has 2 aromatic carbocycles. The number of hydrogen-bond donors (Lipinski definition) is 2. The van der Waals surface area contributed by atoms with Gasteiger partial charge in [0.2, 0.25) is 9.84 Å². The first-order valence-corrected chi connectivity index (χ1v) is 7.31. The molecule has 2 aromatic rings. The largest absolute Gasteiger partial charge is 0.478 e. The monoisotopic (exact) mass is 291 g/mol. The molecule has 20 heavy (non-hydrogen) atoms. The summed E-state index contributed by atoms with van der Waals surface area (Å²) in [6.07, 6.45) is 0. The Morgan fingerprint density at radius 1 is 1.15 bits per heavy atom. The molecule has 6 heteroatoms. The summed E-state index contributed by atoms with van der Waals surface area (Å²) >= 11 is 0. The van der Waals surface area contributed by atoms with Crippen LogP contribution in [0.15, 0.2) is 52.3 Å². The molecule has 0 bridgehead atoms. The van der Waals surface area contributed by atoms with Gasteiger partial charge >= 0.3 is 5.97 Å². The van der Waals surface area contributed by atoms with Crippen molar-refractivity contribution in [2.24, 2.45) is 0 Å². The van der Waals surface area contributed by atoms with Crippen LogP contribution in [-0.2, 0) is 14.6 Å². The highest BCUT2D eigenvalue weighted by Gasteiger charge is 2.17. The van der Waals surface area contributed by atoms with E-state index in [4.69, 9.17) is 10.8 Å². The second-order valence-corrected chi connectivity index (χ2v) is 6.12. The predicted molar refractivity (Wildman–Crippen MR) is 76.9 cm³/mol. The number of hydrogen-bond acceptors (Lipinski definition) is 4. The van der Waals surface area contributed by atoms with Crippen LogP contribution in [0.2, 0.25) is 0 Å². The summed E-state index contributed by atoms with van der Waals surface area (Å²) in [6.45, 7) is 1.24. The zero-order valence-electron chi connectivity index (χ0n) is 10.7. The molecule has 0 saturated carbocycles. The van der Waals surface area contributed by atoms with E-state index in [1.165, 1.54) is 19.1 Å². The van der Waals surface area contributed by atoms with Gasteiger partial charge in [0.05, 0.1) is 4.90 Å². The average Bonchev–Trinajstić information content (AvgIpc) is 2.38. The molecule has 0 aliphatic carbocycles. The highest BCUT2D eigenvalue weighted by molar-refractivity contribution is 7.94. The van der Waals surface area contributed by atoms with Crippen molar-refractivity contribution in [2.45, 2.75) is 11.8 Å². The van der Waals surface area contributed by atoms with E-state index in [9.17, 15) is 13.2 Å². The number of anilines is 1. The summed E-state index contributed by atoms with van der Waals surface area (Å²) in [4.78, 5) is 10.8. The van der Waals surface area contributed by atoms with E-state index < -0.39 is 15.8 Å². The lowest BCUT2D eigenvalue weighted by molar-refractivity contribution is -0.132. The fourth-order valence-electron chi connectivity index (χ4n) is 1.89. The van der Waals surface area contributed by atoms with Crippen LogP contribution in [0.25, 0.3) is 10.8 Å². The number of carbonyl (C=O) groups is 1. The molecular weight excluding hydrogens is 278 g/mol. The van der Waals surface area contributed by atoms with Gasteiger partial charge in [0, 0.05) is 27.4 Å². The standard InChI is InChI=1S/C14H13NO4S/c1-9(14(16)17)8-20(18,19)13-7-6-12(15)10-4-2-3-5-11(10)13/h2-8H,15H2,1H3,(H,16,17). The second-order valence-electron chi connectivity index (χ2n) is 4.35. The summed E-state index contributed by atoms with van der Waals surface area (Å²) in [7, 11) is -3.85. The van der Waals surface area contributed by atoms with Crippen molar-refractivity contribution < 1.29 is 18.3 Å². The molecule has 0 spiro atoms. The Balaban J connectivity index is 2.74. The second kappa shape index (κ2) is 4.97. The van der Waals surface area contributed by atoms with Crippen LogP contribution in [0.3, 0.4) is 0 Å². The van der Waals surface area contributed by atoms with Crippen molar-refractivity contribution in [1.29, 1.82) is 0 Å². The van der Waals surface area contributed by atoms with Gasteiger partial charge in [-0.25, -0.2) is 13.2 Å². The first-order chi connectivity index (χ1) is 9.33. The summed E-state index contributed by atoms with van der Waals surface area (Å²) in [5.41, 5.74) is 6.04. The molecule has 0 fully saturated rings. The highest BCUT2D eigenvalue weighted by Crippen LogP contribution is 2.29. The minimum Gasteiger partial charge on any atom is -0.478 e. The number of rotatable bonds is 3. The lowest BCUT2D eigenvalue weighted by Crippen LogP contribution is -2.04. The predicted octanol–water partition coefficient (Wildman–Crippen LogP) is 2.18. The number of carboxylic acid groups (broad SMARTS) is 1. The van der Waals surface area contributed by atoms with E-state index >= 15 is 0 Å². The fourth-order valence-corrected chi connectivity index (χ4v) is 3.32. The number of carboxylic acids is 1. The van der Waals surface area contributed by atoms with Crippen molar-refractivity contribution in [3.05, 3.63) is 47.4 Å². The van der Waals surface area contributed by atoms with Crippen molar-refractivity contribution in [3.8, 4) is 0 Å². The molecule has 0 unspecified atom stereocenters. The average molecular weight is 291 g/mol. The molecule has 5 nitrogen and oxygen atoms in total. The summed E-state index contributed by atoms with van der Waals surface area (Å²) in [5, 5.41) is 10.6. The quantitative estimate of drug-likeness (QED) is 0.667. The first-order valence-electron chi connectivity index (χ1n) is 5.77. The van der Waals surface area contributed by atoms with Crippen molar-refractivity contribution in [3.63, 3.8) is 0 Å². The Kier molecular flexibility index (Phi) is 3.50. The molecule has 104 valence electrons. The van der Waals surface area contributed by atoms with E-state index in [1.54, 1.807) is 24.3 Å². The highest BCUT2D eigenvalue weighted by atomic mass is 32.2. The van der Waals surface area contributed by atoms with Crippen LogP contribution in [0.5, 0.6) is 0 Å².